The van der Waals surface area contributed by atoms with Crippen LogP contribution in [0, 0.1) is 34.5 Å². The molecular weight excluding hydrogens is 472 g/mol. The Hall–Kier alpha value is -2.22. The van der Waals surface area contributed by atoms with Crippen LogP contribution in [-0.4, -0.2) is 51.8 Å². The lowest BCUT2D eigenvalue weighted by Crippen LogP contribution is -2.57. The molecule has 206 valence electrons. The number of nitrogens with zero attached hydrogens (tertiary/aromatic N) is 1. The molecule has 4 aliphatic rings. The van der Waals surface area contributed by atoms with Gasteiger partial charge in [-0.1, -0.05) is 38.4 Å². The number of carboxylic acids is 1. The Labute approximate surface area is 220 Å². The van der Waals surface area contributed by atoms with Crippen LogP contribution in [0.25, 0.3) is 0 Å². The average molecular weight is 517 g/mol. The molecule has 8 nitrogen and oxygen atoms in total. The molecule has 0 aliphatic heterocycles. The van der Waals surface area contributed by atoms with E-state index in [0.29, 0.717) is 30.6 Å². The van der Waals surface area contributed by atoms with Crippen molar-refractivity contribution in [2.75, 3.05) is 6.61 Å². The van der Waals surface area contributed by atoms with Crippen LogP contribution in [0.1, 0.15) is 92.4 Å². The van der Waals surface area contributed by atoms with Crippen LogP contribution in [0.5, 0.6) is 0 Å². The molecule has 4 rings (SSSR count). The third-order valence-electron chi connectivity index (χ3n) is 10.4. The number of carbonyl (C=O) groups excluding carboxylic acids is 2. The van der Waals surface area contributed by atoms with Gasteiger partial charge in [-0.3, -0.25) is 9.59 Å². The molecule has 0 heterocycles. The van der Waals surface area contributed by atoms with Gasteiger partial charge >= 0.3 is 5.97 Å². The number of amides is 1. The standard InChI is InChI=1S/C29H44N2O6/c1-17(2)14-24(26(34)35)30-25(33)16-37-31-20-8-11-27(4)19(15-20)6-7-21-22(27)9-12-28(5)23(21)10-13-29(28,36)18(3)32/h15,17,21-24,36H,6-14,16H2,1-5H3,(H,30,33)(H,34,35)/b31-20+. The number of oxime groups is 1. The van der Waals surface area contributed by atoms with Gasteiger partial charge in [0.05, 0.1) is 5.71 Å². The smallest absolute Gasteiger partial charge is 0.326 e. The van der Waals surface area contributed by atoms with Crippen molar-refractivity contribution in [1.82, 2.24) is 5.32 Å². The van der Waals surface area contributed by atoms with Gasteiger partial charge in [-0.2, -0.15) is 0 Å². The Balaban J connectivity index is 1.40. The second-order valence-corrected chi connectivity index (χ2v) is 12.9. The summed E-state index contributed by atoms with van der Waals surface area (Å²) in [6, 6.07) is -0.930. The van der Waals surface area contributed by atoms with Gasteiger partial charge in [0.25, 0.3) is 5.91 Å². The summed E-state index contributed by atoms with van der Waals surface area (Å²) in [4.78, 5) is 41.3. The Morgan fingerprint density at radius 2 is 1.81 bits per heavy atom. The number of Topliss-reactive ketones (excluding diaryl/α,β-unsaturated/α-hetero) is 1. The second-order valence-electron chi connectivity index (χ2n) is 12.9. The van der Waals surface area contributed by atoms with Gasteiger partial charge in [0.2, 0.25) is 0 Å². The maximum Gasteiger partial charge on any atom is 0.326 e. The summed E-state index contributed by atoms with van der Waals surface area (Å²) in [5.41, 5.74) is 0.765. The van der Waals surface area contributed by atoms with Gasteiger partial charge in [0.15, 0.2) is 12.4 Å². The number of aliphatic hydroxyl groups is 1. The Morgan fingerprint density at radius 3 is 2.46 bits per heavy atom. The van der Waals surface area contributed by atoms with E-state index in [4.69, 9.17) is 4.84 Å². The molecule has 4 aliphatic carbocycles. The summed E-state index contributed by atoms with van der Waals surface area (Å²) in [6.45, 7) is 9.58. The van der Waals surface area contributed by atoms with Crippen molar-refractivity contribution in [2.24, 2.45) is 39.7 Å². The summed E-state index contributed by atoms with van der Waals surface area (Å²) in [5, 5.41) is 27.4. The lowest BCUT2D eigenvalue weighted by Gasteiger charge is -2.59. The maximum atomic E-state index is 12.4. The first-order chi connectivity index (χ1) is 17.3. The molecular formula is C29H44N2O6. The minimum absolute atomic E-state index is 0.0725. The summed E-state index contributed by atoms with van der Waals surface area (Å²) in [5.74, 6) is -0.0502. The van der Waals surface area contributed by atoms with Gasteiger partial charge in [-0.25, -0.2) is 4.79 Å². The van der Waals surface area contributed by atoms with Crippen molar-refractivity contribution in [3.63, 3.8) is 0 Å². The van der Waals surface area contributed by atoms with Gasteiger partial charge in [-0.05, 0) is 99.9 Å². The topological polar surface area (TPSA) is 125 Å². The van der Waals surface area contributed by atoms with E-state index >= 15 is 0 Å². The Kier molecular flexibility index (Phi) is 7.63. The van der Waals surface area contributed by atoms with E-state index < -0.39 is 23.5 Å². The largest absolute Gasteiger partial charge is 0.480 e. The monoisotopic (exact) mass is 516 g/mol. The Morgan fingerprint density at radius 1 is 1.11 bits per heavy atom. The van der Waals surface area contributed by atoms with Crippen molar-refractivity contribution in [3.8, 4) is 0 Å². The number of fused-ring (bicyclic) bond motifs is 5. The van der Waals surface area contributed by atoms with Crippen LogP contribution in [0.3, 0.4) is 0 Å². The molecule has 0 aromatic carbocycles. The molecule has 0 aromatic heterocycles. The third-order valence-corrected chi connectivity index (χ3v) is 10.4. The quantitative estimate of drug-likeness (QED) is 0.414. The summed E-state index contributed by atoms with van der Waals surface area (Å²) in [7, 11) is 0. The highest BCUT2D eigenvalue weighted by molar-refractivity contribution is 5.96. The highest BCUT2D eigenvalue weighted by Gasteiger charge is 2.65. The van der Waals surface area contributed by atoms with Crippen LogP contribution in [-0.2, 0) is 19.2 Å². The average Bonchev–Trinajstić information content (AvgIpc) is 3.10. The van der Waals surface area contributed by atoms with Crippen LogP contribution in [0.4, 0.5) is 0 Å². The lowest BCUT2D eigenvalue weighted by atomic mass is 9.46. The number of carboxylic acid groups (broad SMARTS) is 1. The van der Waals surface area contributed by atoms with Crippen LogP contribution in [0.15, 0.2) is 16.8 Å². The first kappa shape index (κ1) is 27.8. The number of hydrogen-bond acceptors (Lipinski definition) is 6. The van der Waals surface area contributed by atoms with Crippen LogP contribution in [0.2, 0.25) is 0 Å². The normalized spacial score (nSPS) is 38.7. The fourth-order valence-corrected chi connectivity index (χ4v) is 8.34. The van der Waals surface area contributed by atoms with E-state index in [1.165, 1.54) is 5.57 Å². The van der Waals surface area contributed by atoms with Gasteiger partial charge in [-0.15, -0.1) is 0 Å². The van der Waals surface area contributed by atoms with Crippen molar-refractivity contribution in [3.05, 3.63) is 11.6 Å². The fraction of sp³-hybridized carbons (Fsp3) is 0.793. The number of rotatable bonds is 8. The first-order valence-electron chi connectivity index (χ1n) is 14.0. The number of aliphatic carboxylic acids is 1. The third kappa shape index (κ3) is 4.86. The minimum Gasteiger partial charge on any atom is -0.480 e. The van der Waals surface area contributed by atoms with Gasteiger partial charge < -0.3 is 20.4 Å². The van der Waals surface area contributed by atoms with Gasteiger partial charge in [0, 0.05) is 5.41 Å². The Bertz CT molecular complexity index is 1000. The van der Waals surface area contributed by atoms with E-state index in [1.807, 2.05) is 13.8 Å². The highest BCUT2D eigenvalue weighted by Crippen LogP contribution is 2.67. The minimum atomic E-state index is -1.19. The summed E-state index contributed by atoms with van der Waals surface area (Å²) < 4.78 is 0. The van der Waals surface area contributed by atoms with Crippen molar-refractivity contribution >= 4 is 23.4 Å². The molecule has 7 atom stereocenters. The summed E-state index contributed by atoms with van der Waals surface area (Å²) >= 11 is 0. The number of allylic oxidation sites excluding steroid dienone is 2. The fourth-order valence-electron chi connectivity index (χ4n) is 8.34. The zero-order chi connectivity index (χ0) is 27.2. The summed E-state index contributed by atoms with van der Waals surface area (Å²) in [6.07, 6.45) is 9.66. The molecule has 0 bridgehead atoms. The second kappa shape index (κ2) is 10.2. The number of ketones is 1. The van der Waals surface area contributed by atoms with E-state index in [2.05, 4.69) is 30.4 Å². The lowest BCUT2D eigenvalue weighted by molar-refractivity contribution is -0.159. The van der Waals surface area contributed by atoms with E-state index in [-0.39, 0.29) is 29.1 Å². The first-order valence-corrected chi connectivity index (χ1v) is 14.0. The molecule has 0 saturated heterocycles. The SMILES string of the molecule is CC(=O)C1(O)CCC2C3CCC4=C/C(=N/OCC(=O)NC(CC(C)C)C(=O)O)CCC4(C)C3CCC21C. The van der Waals surface area contributed by atoms with Gasteiger partial charge in [0.1, 0.15) is 11.6 Å². The molecule has 0 aromatic rings. The zero-order valence-corrected chi connectivity index (χ0v) is 23.0. The predicted molar refractivity (Wildman–Crippen MR) is 140 cm³/mol. The molecule has 0 radical (unpaired) electrons. The molecule has 7 unspecified atom stereocenters. The van der Waals surface area contributed by atoms with E-state index in [0.717, 1.165) is 50.7 Å². The predicted octanol–water partition coefficient (Wildman–Crippen LogP) is 4.26. The zero-order valence-electron chi connectivity index (χ0n) is 23.0. The molecule has 37 heavy (non-hydrogen) atoms. The van der Waals surface area contributed by atoms with Crippen LogP contribution < -0.4 is 5.32 Å². The van der Waals surface area contributed by atoms with E-state index in [1.54, 1.807) is 6.92 Å². The molecule has 0 spiro atoms. The number of hydrogen-bond donors (Lipinski definition) is 3. The molecule has 8 heteroatoms. The van der Waals surface area contributed by atoms with E-state index in [9.17, 15) is 24.6 Å². The molecule has 3 N–H and O–H groups in total. The number of carbonyl (C=O) groups is 3. The molecule has 3 fully saturated rings. The van der Waals surface area contributed by atoms with Crippen molar-refractivity contribution < 1.29 is 29.4 Å². The number of nitrogens with one attached hydrogen (secondary N) is 1. The van der Waals surface area contributed by atoms with Crippen LogP contribution >= 0.6 is 0 Å². The molecule has 1 amide bonds. The highest BCUT2D eigenvalue weighted by atomic mass is 16.6. The van der Waals surface area contributed by atoms with Crippen molar-refractivity contribution in [2.45, 2.75) is 104 Å². The molecule has 3 saturated carbocycles. The van der Waals surface area contributed by atoms with Crippen molar-refractivity contribution in [1.29, 1.82) is 0 Å². The maximum absolute atomic E-state index is 12.4.